The van der Waals surface area contributed by atoms with Crippen molar-refractivity contribution in [3.8, 4) is 6.07 Å². The number of nitrogens with zero attached hydrogens (tertiary/aromatic N) is 1. The van der Waals surface area contributed by atoms with E-state index in [0.717, 1.165) is 11.1 Å². The topological polar surface area (TPSA) is 49.8 Å². The van der Waals surface area contributed by atoms with Gasteiger partial charge in [0.1, 0.15) is 0 Å². The molecular weight excluding hydrogens is 136 g/mol. The molecule has 0 aromatic heterocycles. The maximum absolute atomic E-state index is 8.56. The van der Waals surface area contributed by atoms with E-state index in [4.69, 9.17) is 11.0 Å². The van der Waals surface area contributed by atoms with Gasteiger partial charge in [-0.25, -0.2) is 0 Å². The minimum atomic E-state index is 0.501. The van der Waals surface area contributed by atoms with Crippen LogP contribution in [0, 0.1) is 18.3 Å². The highest BCUT2D eigenvalue weighted by molar-refractivity contribution is 5.37. The minimum absolute atomic E-state index is 0.501. The van der Waals surface area contributed by atoms with Crippen LogP contribution < -0.4 is 5.73 Å². The normalized spacial score (nSPS) is 9.18. The van der Waals surface area contributed by atoms with Crippen LogP contribution in [0.5, 0.6) is 0 Å². The summed E-state index contributed by atoms with van der Waals surface area (Å²) in [5.74, 6) is 0. The number of rotatable bonds is 1. The molecule has 0 amide bonds. The maximum Gasteiger partial charge on any atom is 0.0991 e. The van der Waals surface area contributed by atoms with Crippen molar-refractivity contribution in [2.24, 2.45) is 5.73 Å². The molecule has 1 rings (SSSR count). The van der Waals surface area contributed by atoms with E-state index in [1.165, 1.54) is 0 Å². The van der Waals surface area contributed by atoms with E-state index in [1.54, 1.807) is 6.07 Å². The van der Waals surface area contributed by atoms with Crippen LogP contribution in [0.4, 0.5) is 0 Å². The van der Waals surface area contributed by atoms with Crippen LogP contribution in [0.3, 0.4) is 0 Å². The van der Waals surface area contributed by atoms with E-state index < -0.39 is 0 Å². The lowest BCUT2D eigenvalue weighted by molar-refractivity contribution is 1.05. The van der Waals surface area contributed by atoms with Crippen molar-refractivity contribution < 1.29 is 0 Å². The molecule has 0 radical (unpaired) electrons. The minimum Gasteiger partial charge on any atom is -0.326 e. The molecule has 0 atom stereocenters. The van der Waals surface area contributed by atoms with Gasteiger partial charge in [-0.2, -0.15) is 5.26 Å². The van der Waals surface area contributed by atoms with Crippen LogP contribution in [0.25, 0.3) is 0 Å². The lowest BCUT2D eigenvalue weighted by atomic mass is 10.1. The number of hydrogen-bond acceptors (Lipinski definition) is 2. The predicted octanol–water partition coefficient (Wildman–Crippen LogP) is 1.33. The molecule has 0 unspecified atom stereocenters. The molecule has 56 valence electrons. The number of hydrogen-bond donors (Lipinski definition) is 1. The van der Waals surface area contributed by atoms with Crippen molar-refractivity contribution >= 4 is 0 Å². The molecule has 0 bridgehead atoms. The SMILES string of the molecule is Cc1ccc(C#N)cc1CN. The highest BCUT2D eigenvalue weighted by Gasteiger charge is 1.96. The maximum atomic E-state index is 8.56. The summed E-state index contributed by atoms with van der Waals surface area (Å²) in [4.78, 5) is 0. The van der Waals surface area contributed by atoms with Crippen molar-refractivity contribution in [1.82, 2.24) is 0 Å². The Morgan fingerprint density at radius 3 is 2.82 bits per heavy atom. The molecule has 0 heterocycles. The van der Waals surface area contributed by atoms with Gasteiger partial charge in [0.2, 0.25) is 0 Å². The Kier molecular flexibility index (Phi) is 2.25. The van der Waals surface area contributed by atoms with Gasteiger partial charge in [-0.1, -0.05) is 6.07 Å². The third-order valence-electron chi connectivity index (χ3n) is 1.70. The van der Waals surface area contributed by atoms with E-state index in [0.29, 0.717) is 12.1 Å². The van der Waals surface area contributed by atoms with E-state index in [2.05, 4.69) is 6.07 Å². The van der Waals surface area contributed by atoms with Gasteiger partial charge in [-0.05, 0) is 30.2 Å². The molecule has 0 saturated heterocycles. The Balaban J connectivity index is 3.15. The van der Waals surface area contributed by atoms with E-state index in [-0.39, 0.29) is 0 Å². The molecule has 0 aliphatic rings. The monoisotopic (exact) mass is 146 g/mol. The third kappa shape index (κ3) is 1.57. The second-order valence-electron chi connectivity index (χ2n) is 2.46. The van der Waals surface area contributed by atoms with Crippen LogP contribution >= 0.6 is 0 Å². The number of nitriles is 1. The molecule has 2 heteroatoms. The average Bonchev–Trinajstić information content (AvgIpc) is 2.05. The van der Waals surface area contributed by atoms with Gasteiger partial charge in [0.05, 0.1) is 11.6 Å². The molecule has 11 heavy (non-hydrogen) atoms. The standard InChI is InChI=1S/C9H10N2/c1-7-2-3-8(5-10)4-9(7)6-11/h2-4H,6,11H2,1H3. The van der Waals surface area contributed by atoms with Gasteiger partial charge >= 0.3 is 0 Å². The largest absolute Gasteiger partial charge is 0.326 e. The first-order chi connectivity index (χ1) is 5.27. The fourth-order valence-corrected chi connectivity index (χ4v) is 0.961. The Morgan fingerprint density at radius 1 is 1.55 bits per heavy atom. The molecule has 0 fully saturated rings. The third-order valence-corrected chi connectivity index (χ3v) is 1.70. The second kappa shape index (κ2) is 3.18. The molecule has 1 aromatic rings. The first-order valence-electron chi connectivity index (χ1n) is 3.47. The zero-order valence-electron chi connectivity index (χ0n) is 6.46. The summed E-state index contributed by atoms with van der Waals surface area (Å²) in [5.41, 5.74) is 8.33. The summed E-state index contributed by atoms with van der Waals surface area (Å²) in [7, 11) is 0. The summed E-state index contributed by atoms with van der Waals surface area (Å²) in [6, 6.07) is 7.62. The van der Waals surface area contributed by atoms with Crippen LogP contribution in [-0.2, 0) is 6.54 Å². The zero-order chi connectivity index (χ0) is 8.27. The Hall–Kier alpha value is -1.33. The van der Waals surface area contributed by atoms with Crippen LogP contribution in [0.15, 0.2) is 18.2 Å². The van der Waals surface area contributed by atoms with Gasteiger partial charge in [0, 0.05) is 6.54 Å². The summed E-state index contributed by atoms with van der Waals surface area (Å²) >= 11 is 0. The summed E-state index contributed by atoms with van der Waals surface area (Å²) < 4.78 is 0. The number of benzene rings is 1. The van der Waals surface area contributed by atoms with Crippen LogP contribution in [0.1, 0.15) is 16.7 Å². The Labute approximate surface area is 66.3 Å². The molecule has 0 aliphatic carbocycles. The predicted molar refractivity (Wildman–Crippen MR) is 43.8 cm³/mol. The highest BCUT2D eigenvalue weighted by Crippen LogP contribution is 2.09. The number of aryl methyl sites for hydroxylation is 1. The zero-order valence-corrected chi connectivity index (χ0v) is 6.46. The van der Waals surface area contributed by atoms with Gasteiger partial charge < -0.3 is 5.73 Å². The van der Waals surface area contributed by atoms with Crippen LogP contribution in [0.2, 0.25) is 0 Å². The second-order valence-corrected chi connectivity index (χ2v) is 2.46. The average molecular weight is 146 g/mol. The molecule has 0 saturated carbocycles. The van der Waals surface area contributed by atoms with E-state index in [1.807, 2.05) is 19.1 Å². The highest BCUT2D eigenvalue weighted by atomic mass is 14.5. The first-order valence-corrected chi connectivity index (χ1v) is 3.47. The van der Waals surface area contributed by atoms with Crippen molar-refractivity contribution in [2.45, 2.75) is 13.5 Å². The fraction of sp³-hybridized carbons (Fsp3) is 0.222. The van der Waals surface area contributed by atoms with Gasteiger partial charge in [-0.3, -0.25) is 0 Å². The molecule has 2 N–H and O–H groups in total. The fourth-order valence-electron chi connectivity index (χ4n) is 0.961. The molecular formula is C9H10N2. The molecule has 2 nitrogen and oxygen atoms in total. The summed E-state index contributed by atoms with van der Waals surface area (Å²) in [6.07, 6.45) is 0. The lowest BCUT2D eigenvalue weighted by Crippen LogP contribution is -1.99. The molecule has 1 aromatic carbocycles. The molecule has 0 spiro atoms. The molecule has 0 aliphatic heterocycles. The lowest BCUT2D eigenvalue weighted by Gasteiger charge is -2.01. The van der Waals surface area contributed by atoms with Gasteiger partial charge in [0.15, 0.2) is 0 Å². The smallest absolute Gasteiger partial charge is 0.0991 e. The first kappa shape index (κ1) is 7.77. The van der Waals surface area contributed by atoms with Gasteiger partial charge in [0.25, 0.3) is 0 Å². The Morgan fingerprint density at radius 2 is 2.27 bits per heavy atom. The van der Waals surface area contributed by atoms with E-state index in [9.17, 15) is 0 Å². The van der Waals surface area contributed by atoms with Crippen molar-refractivity contribution in [3.05, 3.63) is 34.9 Å². The quantitative estimate of drug-likeness (QED) is 0.649. The Bertz CT molecular complexity index is 297. The van der Waals surface area contributed by atoms with Gasteiger partial charge in [-0.15, -0.1) is 0 Å². The van der Waals surface area contributed by atoms with Crippen LogP contribution in [-0.4, -0.2) is 0 Å². The number of nitrogens with two attached hydrogens (primary N) is 1. The van der Waals surface area contributed by atoms with Crippen molar-refractivity contribution in [1.29, 1.82) is 5.26 Å². The summed E-state index contributed by atoms with van der Waals surface area (Å²) in [6.45, 7) is 2.49. The summed E-state index contributed by atoms with van der Waals surface area (Å²) in [5, 5.41) is 8.56. The van der Waals surface area contributed by atoms with E-state index >= 15 is 0 Å². The van der Waals surface area contributed by atoms with Crippen molar-refractivity contribution in [3.63, 3.8) is 0 Å². The van der Waals surface area contributed by atoms with Crippen molar-refractivity contribution in [2.75, 3.05) is 0 Å².